The minimum Gasteiger partial charge on any atom is -0.247 e. The molecule has 3 aromatic rings. The van der Waals surface area contributed by atoms with Gasteiger partial charge in [0.1, 0.15) is 0 Å². The summed E-state index contributed by atoms with van der Waals surface area (Å²) in [6.45, 7) is 11.0. The summed E-state index contributed by atoms with van der Waals surface area (Å²) in [4.78, 5) is 5.07. The SMILES string of the molecule is Cc1cc(C)cc(C2=Nc3c(C)ccc4cc(C(C)C)cc2c34)c1. The first-order valence-corrected chi connectivity index (χ1v) is 8.69. The van der Waals surface area contributed by atoms with Crippen molar-refractivity contribution < 1.29 is 0 Å². The summed E-state index contributed by atoms with van der Waals surface area (Å²) in [5, 5.41) is 2.62. The molecule has 0 aromatic heterocycles. The molecule has 0 radical (unpaired) electrons. The van der Waals surface area contributed by atoms with Crippen molar-refractivity contribution in [2.24, 2.45) is 4.99 Å². The molecule has 1 heteroatoms. The Kier molecular flexibility index (Phi) is 3.35. The highest BCUT2D eigenvalue weighted by atomic mass is 14.8. The second-order valence-electron chi connectivity index (χ2n) is 7.39. The van der Waals surface area contributed by atoms with Gasteiger partial charge in [-0.15, -0.1) is 0 Å². The first-order valence-electron chi connectivity index (χ1n) is 8.69. The minimum atomic E-state index is 0.511. The molecule has 24 heavy (non-hydrogen) atoms. The van der Waals surface area contributed by atoms with E-state index >= 15 is 0 Å². The maximum atomic E-state index is 5.07. The Hall–Kier alpha value is -2.41. The predicted molar refractivity (Wildman–Crippen MR) is 104 cm³/mol. The fourth-order valence-electron chi connectivity index (χ4n) is 3.74. The molecule has 1 aliphatic rings. The summed E-state index contributed by atoms with van der Waals surface area (Å²) in [5.41, 5.74) is 10.00. The van der Waals surface area contributed by atoms with Crippen molar-refractivity contribution in [3.8, 4) is 0 Å². The summed E-state index contributed by atoms with van der Waals surface area (Å²) < 4.78 is 0. The average molecular weight is 313 g/mol. The van der Waals surface area contributed by atoms with Crippen LogP contribution in [0.4, 0.5) is 5.69 Å². The molecule has 0 bridgehead atoms. The Morgan fingerprint density at radius 2 is 1.54 bits per heavy atom. The minimum absolute atomic E-state index is 0.511. The zero-order valence-corrected chi connectivity index (χ0v) is 15.1. The molecule has 0 spiro atoms. The van der Waals surface area contributed by atoms with Crippen LogP contribution < -0.4 is 0 Å². The van der Waals surface area contributed by atoms with Crippen LogP contribution in [0.5, 0.6) is 0 Å². The summed E-state index contributed by atoms with van der Waals surface area (Å²) in [6, 6.07) is 15.8. The molecule has 4 rings (SSSR count). The molecule has 120 valence electrons. The van der Waals surface area contributed by atoms with Crippen LogP contribution >= 0.6 is 0 Å². The van der Waals surface area contributed by atoms with Crippen LogP contribution in [0, 0.1) is 20.8 Å². The van der Waals surface area contributed by atoms with E-state index < -0.39 is 0 Å². The van der Waals surface area contributed by atoms with Gasteiger partial charge in [0.2, 0.25) is 0 Å². The smallest absolute Gasteiger partial charge is 0.0789 e. The number of hydrogen-bond donors (Lipinski definition) is 0. The van der Waals surface area contributed by atoms with Crippen LogP contribution in [-0.4, -0.2) is 5.71 Å². The Balaban J connectivity index is 2.04. The van der Waals surface area contributed by atoms with Crippen LogP contribution in [0.3, 0.4) is 0 Å². The maximum Gasteiger partial charge on any atom is 0.0789 e. The Bertz CT molecular complexity index is 986. The maximum absolute atomic E-state index is 5.07. The Morgan fingerprint density at radius 3 is 2.21 bits per heavy atom. The van der Waals surface area contributed by atoms with E-state index in [9.17, 15) is 0 Å². The topological polar surface area (TPSA) is 12.4 Å². The number of aliphatic imine (C=N–C) groups is 1. The van der Waals surface area contributed by atoms with Gasteiger partial charge in [-0.2, -0.15) is 0 Å². The van der Waals surface area contributed by atoms with Gasteiger partial charge in [0.05, 0.1) is 11.4 Å². The van der Waals surface area contributed by atoms with E-state index in [0.717, 1.165) is 11.4 Å². The molecular formula is C23H23N. The third-order valence-electron chi connectivity index (χ3n) is 4.95. The molecule has 0 saturated carbocycles. The molecule has 0 fully saturated rings. The first kappa shape index (κ1) is 15.1. The van der Waals surface area contributed by atoms with Crippen molar-refractivity contribution in [2.45, 2.75) is 40.5 Å². The third kappa shape index (κ3) is 2.27. The molecule has 0 aliphatic carbocycles. The number of hydrogen-bond acceptors (Lipinski definition) is 1. The van der Waals surface area contributed by atoms with Crippen molar-refractivity contribution in [3.05, 3.63) is 75.8 Å². The number of benzene rings is 3. The number of nitrogens with zero attached hydrogens (tertiary/aromatic N) is 1. The van der Waals surface area contributed by atoms with E-state index in [1.54, 1.807) is 0 Å². The van der Waals surface area contributed by atoms with Gasteiger partial charge in [0.15, 0.2) is 0 Å². The highest BCUT2D eigenvalue weighted by Crippen LogP contribution is 2.41. The quantitative estimate of drug-likeness (QED) is 0.407. The van der Waals surface area contributed by atoms with Gasteiger partial charge in [0, 0.05) is 16.5 Å². The van der Waals surface area contributed by atoms with Crippen molar-refractivity contribution >= 4 is 22.2 Å². The van der Waals surface area contributed by atoms with E-state index in [2.05, 4.69) is 77.1 Å². The molecule has 0 N–H and O–H groups in total. The normalized spacial score (nSPS) is 13.0. The van der Waals surface area contributed by atoms with Gasteiger partial charge in [-0.05, 0) is 61.4 Å². The lowest BCUT2D eigenvalue weighted by molar-refractivity contribution is 0.868. The first-order chi connectivity index (χ1) is 11.4. The van der Waals surface area contributed by atoms with Gasteiger partial charge in [-0.25, -0.2) is 4.99 Å². The second-order valence-corrected chi connectivity index (χ2v) is 7.39. The summed E-state index contributed by atoms with van der Waals surface area (Å²) in [6.07, 6.45) is 0. The molecule has 1 heterocycles. The zero-order valence-electron chi connectivity index (χ0n) is 15.1. The third-order valence-corrected chi connectivity index (χ3v) is 4.95. The second kappa shape index (κ2) is 5.31. The van der Waals surface area contributed by atoms with Gasteiger partial charge in [-0.3, -0.25) is 0 Å². The highest BCUT2D eigenvalue weighted by molar-refractivity contribution is 6.26. The van der Waals surface area contributed by atoms with Crippen LogP contribution in [-0.2, 0) is 0 Å². The molecule has 0 amide bonds. The lowest BCUT2D eigenvalue weighted by atomic mass is 9.91. The molecule has 0 unspecified atom stereocenters. The molecule has 3 aromatic carbocycles. The van der Waals surface area contributed by atoms with E-state index in [4.69, 9.17) is 4.99 Å². The van der Waals surface area contributed by atoms with Gasteiger partial charge in [0.25, 0.3) is 0 Å². The van der Waals surface area contributed by atoms with Crippen LogP contribution in [0.2, 0.25) is 0 Å². The average Bonchev–Trinajstić information content (AvgIpc) is 2.91. The molecular weight excluding hydrogens is 290 g/mol. The fraction of sp³-hybridized carbons (Fsp3) is 0.261. The summed E-state index contributed by atoms with van der Waals surface area (Å²) in [7, 11) is 0. The van der Waals surface area contributed by atoms with E-state index in [1.165, 1.54) is 44.2 Å². The molecule has 0 saturated heterocycles. The zero-order chi connectivity index (χ0) is 17.0. The van der Waals surface area contributed by atoms with E-state index in [0.29, 0.717) is 5.92 Å². The number of rotatable bonds is 2. The standard InChI is InChI=1S/C23H23N/c1-13(2)18-11-17-7-6-16(5)22-21(17)20(12-18)23(24-22)19-9-14(3)8-15(4)10-19/h6-13H,1-5H3. The largest absolute Gasteiger partial charge is 0.247 e. The lowest BCUT2D eigenvalue weighted by Crippen LogP contribution is -2.03. The van der Waals surface area contributed by atoms with Crippen LogP contribution in [0.1, 0.15) is 53.1 Å². The molecule has 1 nitrogen and oxygen atoms in total. The molecule has 0 atom stereocenters. The van der Waals surface area contributed by atoms with Crippen molar-refractivity contribution in [1.29, 1.82) is 0 Å². The van der Waals surface area contributed by atoms with Gasteiger partial charge < -0.3 is 0 Å². The van der Waals surface area contributed by atoms with Crippen LogP contribution in [0.15, 0.2) is 47.5 Å². The molecule has 1 aliphatic heterocycles. The summed E-state index contributed by atoms with van der Waals surface area (Å²) in [5.74, 6) is 0.511. The van der Waals surface area contributed by atoms with Crippen molar-refractivity contribution in [2.75, 3.05) is 0 Å². The van der Waals surface area contributed by atoms with Crippen molar-refractivity contribution in [3.63, 3.8) is 0 Å². The van der Waals surface area contributed by atoms with Gasteiger partial charge in [-0.1, -0.05) is 49.2 Å². The van der Waals surface area contributed by atoms with E-state index in [-0.39, 0.29) is 0 Å². The lowest BCUT2D eigenvalue weighted by Gasteiger charge is -2.12. The van der Waals surface area contributed by atoms with Crippen LogP contribution in [0.25, 0.3) is 10.8 Å². The Labute approximate surface area is 144 Å². The Morgan fingerprint density at radius 1 is 0.833 bits per heavy atom. The summed E-state index contributed by atoms with van der Waals surface area (Å²) >= 11 is 0. The van der Waals surface area contributed by atoms with Crippen molar-refractivity contribution in [1.82, 2.24) is 0 Å². The monoisotopic (exact) mass is 313 g/mol. The fourth-order valence-corrected chi connectivity index (χ4v) is 3.74. The highest BCUT2D eigenvalue weighted by Gasteiger charge is 2.22. The number of aryl methyl sites for hydroxylation is 3. The van der Waals surface area contributed by atoms with E-state index in [1.807, 2.05) is 0 Å². The predicted octanol–water partition coefficient (Wildman–Crippen LogP) is 6.37. The van der Waals surface area contributed by atoms with Gasteiger partial charge >= 0.3 is 0 Å².